The number of anilines is 1. The molecule has 0 aliphatic heterocycles. The molecule has 1 N–H and O–H groups in total. The molecular weight excluding hydrogens is 275 g/mol. The molecule has 0 unspecified atom stereocenters. The number of nitro groups is 1. The maximum atomic E-state index is 13.5. The molecule has 2 rings (SSSR count). The minimum atomic E-state index is -1.03. The molecule has 2 aromatic rings. The van der Waals surface area contributed by atoms with Gasteiger partial charge in [-0.05, 0) is 43.2 Å². The zero-order valence-electron chi connectivity index (χ0n) is 11.5. The van der Waals surface area contributed by atoms with Gasteiger partial charge in [-0.1, -0.05) is 12.1 Å². The second kappa shape index (κ2) is 5.70. The maximum Gasteiger partial charge on any atom is 0.304 e. The lowest BCUT2D eigenvalue weighted by Crippen LogP contribution is -2.13. The van der Waals surface area contributed by atoms with Crippen LogP contribution in [0, 0.1) is 29.8 Å². The molecule has 1 amide bonds. The van der Waals surface area contributed by atoms with E-state index in [4.69, 9.17) is 0 Å². The van der Waals surface area contributed by atoms with Crippen LogP contribution in [-0.2, 0) is 0 Å². The number of rotatable bonds is 3. The Kier molecular flexibility index (Phi) is 3.98. The SMILES string of the molecule is Cc1ccc(C)c(NC(=O)c2ccc([N+](=O)[O-])c(F)c2)c1. The fraction of sp³-hybridized carbons (Fsp3) is 0.133. The van der Waals surface area contributed by atoms with E-state index >= 15 is 0 Å². The Balaban J connectivity index is 2.26. The van der Waals surface area contributed by atoms with E-state index in [0.717, 1.165) is 23.3 Å². The van der Waals surface area contributed by atoms with Crippen molar-refractivity contribution in [3.8, 4) is 0 Å². The lowest BCUT2D eigenvalue weighted by atomic mass is 10.1. The number of hydrogen-bond acceptors (Lipinski definition) is 3. The van der Waals surface area contributed by atoms with E-state index in [1.54, 1.807) is 6.07 Å². The zero-order chi connectivity index (χ0) is 15.6. The third-order valence-corrected chi connectivity index (χ3v) is 3.05. The molecule has 108 valence electrons. The first-order valence-electron chi connectivity index (χ1n) is 6.21. The predicted molar refractivity (Wildman–Crippen MR) is 76.9 cm³/mol. The monoisotopic (exact) mass is 288 g/mol. The Hall–Kier alpha value is -2.76. The Bertz CT molecular complexity index is 729. The fourth-order valence-corrected chi connectivity index (χ4v) is 1.86. The zero-order valence-corrected chi connectivity index (χ0v) is 11.5. The summed E-state index contributed by atoms with van der Waals surface area (Å²) in [5.74, 6) is -1.55. The van der Waals surface area contributed by atoms with Gasteiger partial charge in [-0.2, -0.15) is 4.39 Å². The standard InChI is InChI=1S/C15H13FN2O3/c1-9-3-4-10(2)13(7-9)17-15(19)11-5-6-14(18(20)21)12(16)8-11/h3-8H,1-2H3,(H,17,19). The number of nitrogens with one attached hydrogen (secondary N) is 1. The Morgan fingerprint density at radius 3 is 2.52 bits per heavy atom. The van der Waals surface area contributed by atoms with Gasteiger partial charge in [0, 0.05) is 17.3 Å². The lowest BCUT2D eigenvalue weighted by Gasteiger charge is -2.09. The van der Waals surface area contributed by atoms with E-state index < -0.39 is 22.3 Å². The summed E-state index contributed by atoms with van der Waals surface area (Å²) < 4.78 is 13.5. The first-order chi connectivity index (χ1) is 9.88. The molecule has 5 nitrogen and oxygen atoms in total. The summed E-state index contributed by atoms with van der Waals surface area (Å²) in [6.07, 6.45) is 0. The number of aryl methyl sites for hydroxylation is 2. The number of carbonyl (C=O) groups excluding carboxylic acids is 1. The van der Waals surface area contributed by atoms with Crippen LogP contribution in [0.2, 0.25) is 0 Å². The fourth-order valence-electron chi connectivity index (χ4n) is 1.86. The van der Waals surface area contributed by atoms with E-state index in [2.05, 4.69) is 5.32 Å². The number of nitrogens with zero attached hydrogens (tertiary/aromatic N) is 1. The van der Waals surface area contributed by atoms with Crippen molar-refractivity contribution in [1.29, 1.82) is 0 Å². The third-order valence-electron chi connectivity index (χ3n) is 3.05. The minimum absolute atomic E-state index is 0.0269. The van der Waals surface area contributed by atoms with Crippen LogP contribution in [0.5, 0.6) is 0 Å². The highest BCUT2D eigenvalue weighted by Crippen LogP contribution is 2.20. The number of amides is 1. The molecule has 0 atom stereocenters. The molecule has 0 radical (unpaired) electrons. The molecule has 0 saturated carbocycles. The smallest absolute Gasteiger partial charge is 0.304 e. The molecule has 0 saturated heterocycles. The Labute approximate surface area is 120 Å². The van der Waals surface area contributed by atoms with Crippen LogP contribution in [0.15, 0.2) is 36.4 Å². The number of halogens is 1. The molecule has 0 aliphatic rings. The molecule has 2 aromatic carbocycles. The number of nitro benzene ring substituents is 1. The van der Waals surface area contributed by atoms with Gasteiger partial charge in [0.15, 0.2) is 0 Å². The van der Waals surface area contributed by atoms with E-state index in [1.807, 2.05) is 26.0 Å². The van der Waals surface area contributed by atoms with Crippen molar-refractivity contribution >= 4 is 17.3 Å². The van der Waals surface area contributed by atoms with Crippen LogP contribution in [0.4, 0.5) is 15.8 Å². The Morgan fingerprint density at radius 1 is 1.19 bits per heavy atom. The van der Waals surface area contributed by atoms with Gasteiger partial charge in [0.05, 0.1) is 4.92 Å². The minimum Gasteiger partial charge on any atom is -0.322 e. The van der Waals surface area contributed by atoms with Crippen molar-refractivity contribution in [1.82, 2.24) is 0 Å². The third kappa shape index (κ3) is 3.22. The van der Waals surface area contributed by atoms with Crippen LogP contribution in [0.1, 0.15) is 21.5 Å². The van der Waals surface area contributed by atoms with Gasteiger partial charge < -0.3 is 5.32 Å². The van der Waals surface area contributed by atoms with Crippen LogP contribution in [-0.4, -0.2) is 10.8 Å². The van der Waals surface area contributed by atoms with Crippen LogP contribution in [0.25, 0.3) is 0 Å². The molecule has 21 heavy (non-hydrogen) atoms. The highest BCUT2D eigenvalue weighted by Gasteiger charge is 2.17. The topological polar surface area (TPSA) is 72.2 Å². The first-order valence-corrected chi connectivity index (χ1v) is 6.21. The summed E-state index contributed by atoms with van der Waals surface area (Å²) in [5, 5.41) is 13.2. The summed E-state index contributed by atoms with van der Waals surface area (Å²) in [6.45, 7) is 3.73. The summed E-state index contributed by atoms with van der Waals surface area (Å²) in [4.78, 5) is 21.8. The summed E-state index contributed by atoms with van der Waals surface area (Å²) >= 11 is 0. The number of benzene rings is 2. The summed E-state index contributed by atoms with van der Waals surface area (Å²) in [7, 11) is 0. The molecule has 0 heterocycles. The molecule has 0 spiro atoms. The molecule has 0 bridgehead atoms. The quantitative estimate of drug-likeness (QED) is 0.692. The highest BCUT2D eigenvalue weighted by molar-refractivity contribution is 6.04. The largest absolute Gasteiger partial charge is 0.322 e. The molecule has 6 heteroatoms. The number of hydrogen-bond donors (Lipinski definition) is 1. The highest BCUT2D eigenvalue weighted by atomic mass is 19.1. The van der Waals surface area contributed by atoms with Crippen molar-refractivity contribution < 1.29 is 14.1 Å². The number of carbonyl (C=O) groups is 1. The van der Waals surface area contributed by atoms with E-state index in [9.17, 15) is 19.3 Å². The van der Waals surface area contributed by atoms with Gasteiger partial charge in [-0.25, -0.2) is 0 Å². The van der Waals surface area contributed by atoms with Gasteiger partial charge in [0.25, 0.3) is 5.91 Å². The predicted octanol–water partition coefficient (Wildman–Crippen LogP) is 3.60. The van der Waals surface area contributed by atoms with Gasteiger partial charge >= 0.3 is 5.69 Å². The molecular formula is C15H13FN2O3. The van der Waals surface area contributed by atoms with Crippen molar-refractivity contribution in [2.45, 2.75) is 13.8 Å². The van der Waals surface area contributed by atoms with Gasteiger partial charge in [0.2, 0.25) is 5.82 Å². The summed E-state index contributed by atoms with van der Waals surface area (Å²) in [5.41, 5.74) is 1.85. The molecule has 0 aliphatic carbocycles. The van der Waals surface area contributed by atoms with E-state index in [1.165, 1.54) is 6.07 Å². The summed E-state index contributed by atoms with van der Waals surface area (Å²) in [6, 6.07) is 8.64. The van der Waals surface area contributed by atoms with E-state index in [0.29, 0.717) is 5.69 Å². The molecule has 0 aromatic heterocycles. The van der Waals surface area contributed by atoms with Crippen LogP contribution in [0.3, 0.4) is 0 Å². The average molecular weight is 288 g/mol. The van der Waals surface area contributed by atoms with Crippen LogP contribution < -0.4 is 5.32 Å². The van der Waals surface area contributed by atoms with Crippen molar-refractivity contribution in [3.63, 3.8) is 0 Å². The lowest BCUT2D eigenvalue weighted by molar-refractivity contribution is -0.387. The average Bonchev–Trinajstić information content (AvgIpc) is 2.42. The van der Waals surface area contributed by atoms with Gasteiger partial charge in [-0.15, -0.1) is 0 Å². The van der Waals surface area contributed by atoms with Gasteiger partial charge in [-0.3, -0.25) is 14.9 Å². The second-order valence-electron chi connectivity index (χ2n) is 4.70. The van der Waals surface area contributed by atoms with Crippen molar-refractivity contribution in [3.05, 3.63) is 69.0 Å². The van der Waals surface area contributed by atoms with E-state index in [-0.39, 0.29) is 5.56 Å². The Morgan fingerprint density at radius 2 is 1.90 bits per heavy atom. The normalized spacial score (nSPS) is 10.2. The van der Waals surface area contributed by atoms with Gasteiger partial charge in [0.1, 0.15) is 0 Å². The van der Waals surface area contributed by atoms with Crippen molar-refractivity contribution in [2.75, 3.05) is 5.32 Å². The first kappa shape index (κ1) is 14.6. The molecule has 0 fully saturated rings. The van der Waals surface area contributed by atoms with Crippen molar-refractivity contribution in [2.24, 2.45) is 0 Å². The maximum absolute atomic E-state index is 13.5. The van der Waals surface area contributed by atoms with Crippen LogP contribution >= 0.6 is 0 Å². The second-order valence-corrected chi connectivity index (χ2v) is 4.70.